The first-order chi connectivity index (χ1) is 14.9. The molecule has 7 nitrogen and oxygen atoms in total. The Kier molecular flexibility index (Phi) is 6.23. The van der Waals surface area contributed by atoms with Gasteiger partial charge in [-0.05, 0) is 37.5 Å². The lowest BCUT2D eigenvalue weighted by Crippen LogP contribution is -2.32. The third kappa shape index (κ3) is 4.56. The number of likely N-dealkylation sites (tertiary alicyclic amines) is 1. The summed E-state index contributed by atoms with van der Waals surface area (Å²) in [6.45, 7) is 3.31. The summed E-state index contributed by atoms with van der Waals surface area (Å²) >= 11 is 6.25. The van der Waals surface area contributed by atoms with Gasteiger partial charge in [0.05, 0.1) is 11.7 Å². The molecular formula is C23H27ClN6O. The van der Waals surface area contributed by atoms with E-state index in [0.717, 1.165) is 42.0 Å². The zero-order valence-electron chi connectivity index (χ0n) is 18.1. The molecule has 1 aromatic carbocycles. The van der Waals surface area contributed by atoms with E-state index in [1.54, 1.807) is 6.20 Å². The van der Waals surface area contributed by atoms with Crippen molar-refractivity contribution in [3.63, 3.8) is 0 Å². The van der Waals surface area contributed by atoms with E-state index in [1.807, 2.05) is 72.0 Å². The number of benzene rings is 1. The van der Waals surface area contributed by atoms with Gasteiger partial charge in [-0.3, -0.25) is 4.79 Å². The van der Waals surface area contributed by atoms with Crippen LogP contribution >= 0.6 is 11.6 Å². The molecule has 3 heterocycles. The van der Waals surface area contributed by atoms with Gasteiger partial charge in [0.25, 0.3) is 0 Å². The molecule has 0 saturated carbocycles. The highest BCUT2D eigenvalue weighted by Crippen LogP contribution is 2.38. The minimum Gasteiger partial charge on any atom is -0.347 e. The van der Waals surface area contributed by atoms with Crippen LogP contribution in [-0.4, -0.2) is 51.0 Å². The molecule has 1 saturated heterocycles. The van der Waals surface area contributed by atoms with Crippen LogP contribution in [0.5, 0.6) is 0 Å². The second-order valence-electron chi connectivity index (χ2n) is 8.04. The van der Waals surface area contributed by atoms with Gasteiger partial charge in [0, 0.05) is 62.8 Å². The number of carbonyl (C=O) groups is 1. The fourth-order valence-electron chi connectivity index (χ4n) is 4.08. The van der Waals surface area contributed by atoms with Crippen molar-refractivity contribution >= 4 is 23.5 Å². The van der Waals surface area contributed by atoms with E-state index in [2.05, 4.69) is 9.97 Å². The fraction of sp³-hybridized carbons (Fsp3) is 0.391. The Morgan fingerprint density at radius 2 is 2.13 bits per heavy atom. The van der Waals surface area contributed by atoms with Crippen molar-refractivity contribution in [2.75, 3.05) is 25.5 Å². The summed E-state index contributed by atoms with van der Waals surface area (Å²) < 4.78 is 2.01. The van der Waals surface area contributed by atoms with Crippen LogP contribution in [0.1, 0.15) is 36.8 Å². The molecule has 0 radical (unpaired) electrons. The smallest absolute Gasteiger partial charge is 0.225 e. The molecule has 1 atom stereocenters. The average molecular weight is 439 g/mol. The van der Waals surface area contributed by atoms with E-state index in [-0.39, 0.29) is 11.9 Å². The Morgan fingerprint density at radius 3 is 2.84 bits per heavy atom. The van der Waals surface area contributed by atoms with E-state index in [1.165, 1.54) is 0 Å². The van der Waals surface area contributed by atoms with Gasteiger partial charge in [-0.2, -0.15) is 0 Å². The number of hydrogen-bond acceptors (Lipinski definition) is 5. The minimum atomic E-state index is -0.0768. The SMILES string of the molecule is Cc1nccn1CCC(=O)N1CCC[C@H]1c1nc(N(C)C)ncc1-c1cccc(Cl)c1. The molecular weight excluding hydrogens is 412 g/mol. The predicted octanol–water partition coefficient (Wildman–Crippen LogP) is 4.12. The van der Waals surface area contributed by atoms with Gasteiger partial charge in [0.15, 0.2) is 0 Å². The molecule has 8 heteroatoms. The monoisotopic (exact) mass is 438 g/mol. The van der Waals surface area contributed by atoms with Gasteiger partial charge < -0.3 is 14.4 Å². The van der Waals surface area contributed by atoms with Gasteiger partial charge in [-0.1, -0.05) is 23.7 Å². The largest absolute Gasteiger partial charge is 0.347 e. The lowest BCUT2D eigenvalue weighted by atomic mass is 9.99. The Hall–Kier alpha value is -2.93. The normalized spacial score (nSPS) is 16.0. The molecule has 1 aliphatic rings. The molecule has 1 amide bonds. The highest BCUT2D eigenvalue weighted by atomic mass is 35.5. The highest BCUT2D eigenvalue weighted by Gasteiger charge is 2.33. The summed E-state index contributed by atoms with van der Waals surface area (Å²) in [6.07, 6.45) is 7.80. The lowest BCUT2D eigenvalue weighted by Gasteiger charge is -2.27. The molecule has 0 aliphatic carbocycles. The van der Waals surface area contributed by atoms with E-state index in [4.69, 9.17) is 16.6 Å². The van der Waals surface area contributed by atoms with Crippen molar-refractivity contribution in [2.45, 2.75) is 38.8 Å². The second-order valence-corrected chi connectivity index (χ2v) is 8.47. The number of carbonyl (C=O) groups excluding carboxylic acids is 1. The molecule has 1 fully saturated rings. The molecule has 0 bridgehead atoms. The summed E-state index contributed by atoms with van der Waals surface area (Å²) in [6, 6.07) is 7.62. The summed E-state index contributed by atoms with van der Waals surface area (Å²) in [5.41, 5.74) is 2.76. The standard InChI is InChI=1S/C23H27ClN6O/c1-16-25-10-13-29(16)12-9-21(31)30-11-5-8-20(30)22-19(15-26-23(27-22)28(2)3)17-6-4-7-18(24)14-17/h4,6-7,10,13-15,20H,5,8-9,11-12H2,1-3H3/t20-/m0/s1. The molecule has 0 N–H and O–H groups in total. The zero-order valence-corrected chi connectivity index (χ0v) is 18.9. The number of halogens is 1. The van der Waals surface area contributed by atoms with Crippen molar-refractivity contribution in [3.8, 4) is 11.1 Å². The highest BCUT2D eigenvalue weighted by molar-refractivity contribution is 6.30. The Labute approximate surface area is 187 Å². The third-order valence-corrected chi connectivity index (χ3v) is 5.96. The quantitative estimate of drug-likeness (QED) is 0.579. The van der Waals surface area contributed by atoms with Gasteiger partial charge in [-0.15, -0.1) is 0 Å². The maximum atomic E-state index is 13.2. The molecule has 162 valence electrons. The van der Waals surface area contributed by atoms with E-state index in [9.17, 15) is 4.79 Å². The van der Waals surface area contributed by atoms with Gasteiger partial charge >= 0.3 is 0 Å². The van der Waals surface area contributed by atoms with Crippen LogP contribution in [0.15, 0.2) is 42.9 Å². The zero-order chi connectivity index (χ0) is 22.0. The number of imidazole rings is 1. The maximum absolute atomic E-state index is 13.2. The van der Waals surface area contributed by atoms with E-state index in [0.29, 0.717) is 23.9 Å². The first-order valence-corrected chi connectivity index (χ1v) is 10.9. The van der Waals surface area contributed by atoms with Crippen molar-refractivity contribution in [1.29, 1.82) is 0 Å². The Morgan fingerprint density at radius 1 is 1.29 bits per heavy atom. The van der Waals surface area contributed by atoms with Crippen LogP contribution in [0.3, 0.4) is 0 Å². The van der Waals surface area contributed by atoms with Crippen molar-refractivity contribution in [3.05, 3.63) is 59.4 Å². The van der Waals surface area contributed by atoms with E-state index >= 15 is 0 Å². The number of anilines is 1. The Balaban J connectivity index is 1.65. The summed E-state index contributed by atoms with van der Waals surface area (Å²) in [5, 5.41) is 0.662. The fourth-order valence-corrected chi connectivity index (χ4v) is 4.27. The summed E-state index contributed by atoms with van der Waals surface area (Å²) in [4.78, 5) is 30.7. The van der Waals surface area contributed by atoms with Crippen LogP contribution in [-0.2, 0) is 11.3 Å². The predicted molar refractivity (Wildman–Crippen MR) is 122 cm³/mol. The minimum absolute atomic E-state index is 0.0768. The number of aromatic nitrogens is 4. The van der Waals surface area contributed by atoms with Gasteiger partial charge in [0.2, 0.25) is 11.9 Å². The molecule has 4 rings (SSSR count). The third-order valence-electron chi connectivity index (χ3n) is 5.72. The van der Waals surface area contributed by atoms with Crippen molar-refractivity contribution in [2.24, 2.45) is 0 Å². The number of rotatable bonds is 6. The average Bonchev–Trinajstić information content (AvgIpc) is 3.40. The van der Waals surface area contributed by atoms with Crippen LogP contribution in [0.2, 0.25) is 5.02 Å². The number of nitrogens with zero attached hydrogens (tertiary/aromatic N) is 6. The topological polar surface area (TPSA) is 67.2 Å². The van der Waals surface area contributed by atoms with Gasteiger partial charge in [-0.25, -0.2) is 15.0 Å². The molecule has 2 aromatic heterocycles. The van der Waals surface area contributed by atoms with Crippen LogP contribution in [0, 0.1) is 6.92 Å². The number of aryl methyl sites for hydroxylation is 2. The van der Waals surface area contributed by atoms with Gasteiger partial charge in [0.1, 0.15) is 5.82 Å². The Bertz CT molecular complexity index is 1080. The van der Waals surface area contributed by atoms with Crippen LogP contribution in [0.25, 0.3) is 11.1 Å². The first kappa shape index (κ1) is 21.3. The van der Waals surface area contributed by atoms with Crippen molar-refractivity contribution in [1.82, 2.24) is 24.4 Å². The van der Waals surface area contributed by atoms with Crippen LogP contribution in [0.4, 0.5) is 5.95 Å². The second kappa shape index (κ2) is 9.06. The lowest BCUT2D eigenvalue weighted by molar-refractivity contribution is -0.132. The summed E-state index contributed by atoms with van der Waals surface area (Å²) in [7, 11) is 3.84. The molecule has 1 aliphatic heterocycles. The first-order valence-electron chi connectivity index (χ1n) is 10.5. The number of hydrogen-bond donors (Lipinski definition) is 0. The van der Waals surface area contributed by atoms with Crippen LogP contribution < -0.4 is 4.90 Å². The molecule has 31 heavy (non-hydrogen) atoms. The van der Waals surface area contributed by atoms with Crippen molar-refractivity contribution < 1.29 is 4.79 Å². The molecule has 0 unspecified atom stereocenters. The molecule has 3 aromatic rings. The number of amides is 1. The van der Waals surface area contributed by atoms with E-state index < -0.39 is 0 Å². The maximum Gasteiger partial charge on any atom is 0.225 e. The molecule has 0 spiro atoms. The summed E-state index contributed by atoms with van der Waals surface area (Å²) in [5.74, 6) is 1.69.